The van der Waals surface area contributed by atoms with E-state index in [0.717, 1.165) is 41.0 Å². The molecule has 1 atom stereocenters. The summed E-state index contributed by atoms with van der Waals surface area (Å²) in [6, 6.07) is 12.5. The van der Waals surface area contributed by atoms with Crippen molar-refractivity contribution in [1.29, 1.82) is 0 Å². The minimum absolute atomic E-state index is 0.271. The minimum Gasteiger partial charge on any atom is -0.489 e. The van der Waals surface area contributed by atoms with Crippen LogP contribution in [0.25, 0.3) is 11.1 Å². The average molecular weight is 346 g/mol. The lowest BCUT2D eigenvalue weighted by Crippen LogP contribution is -2.19. The molecule has 1 N–H and O–H groups in total. The Morgan fingerprint density at radius 3 is 2.95 bits per heavy atom. The lowest BCUT2D eigenvalue weighted by Gasteiger charge is -2.22. The molecule has 0 bridgehead atoms. The summed E-state index contributed by atoms with van der Waals surface area (Å²) in [6.07, 6.45) is 1.33. The first kappa shape index (κ1) is 13.2. The van der Waals surface area contributed by atoms with Crippen LogP contribution in [0, 0.1) is 0 Å². The van der Waals surface area contributed by atoms with Crippen molar-refractivity contribution in [3.8, 4) is 22.6 Å². The van der Waals surface area contributed by atoms with E-state index in [0.29, 0.717) is 6.61 Å². The first-order chi connectivity index (χ1) is 10.3. The van der Waals surface area contributed by atoms with Gasteiger partial charge in [0.2, 0.25) is 0 Å². The van der Waals surface area contributed by atoms with Crippen LogP contribution in [-0.2, 0) is 6.61 Å². The number of halogens is 1. The summed E-state index contributed by atoms with van der Waals surface area (Å²) in [7, 11) is 0. The first-order valence-corrected chi connectivity index (χ1v) is 8.02. The van der Waals surface area contributed by atoms with Gasteiger partial charge in [-0.05, 0) is 48.4 Å². The summed E-state index contributed by atoms with van der Waals surface area (Å²) >= 11 is 3.54. The van der Waals surface area contributed by atoms with Crippen molar-refractivity contribution in [3.63, 3.8) is 0 Å². The van der Waals surface area contributed by atoms with E-state index in [1.807, 2.05) is 12.1 Å². The number of fused-ring (bicyclic) bond motifs is 3. The fraction of sp³-hybridized carbons (Fsp3) is 0.294. The van der Waals surface area contributed by atoms with Gasteiger partial charge < -0.3 is 14.8 Å². The van der Waals surface area contributed by atoms with Crippen LogP contribution in [-0.4, -0.2) is 19.2 Å². The molecule has 2 aliphatic rings. The van der Waals surface area contributed by atoms with Crippen LogP contribution in [0.3, 0.4) is 0 Å². The van der Waals surface area contributed by atoms with Gasteiger partial charge in [-0.25, -0.2) is 0 Å². The van der Waals surface area contributed by atoms with E-state index in [2.05, 4.69) is 45.5 Å². The molecule has 4 heteroatoms. The van der Waals surface area contributed by atoms with Gasteiger partial charge in [0, 0.05) is 22.6 Å². The molecule has 1 saturated heterocycles. The SMILES string of the molecule is Brc1ccc2c(c1)-c1ccc(O[C@H]3CCNC3)cc1OC2. The lowest BCUT2D eigenvalue weighted by atomic mass is 9.97. The quantitative estimate of drug-likeness (QED) is 0.899. The van der Waals surface area contributed by atoms with Crippen LogP contribution < -0.4 is 14.8 Å². The van der Waals surface area contributed by atoms with Gasteiger partial charge in [-0.2, -0.15) is 0 Å². The predicted octanol–water partition coefficient (Wildman–Crippen LogP) is 3.75. The Labute approximate surface area is 132 Å². The van der Waals surface area contributed by atoms with Crippen molar-refractivity contribution >= 4 is 15.9 Å². The lowest BCUT2D eigenvalue weighted by molar-refractivity contribution is 0.221. The van der Waals surface area contributed by atoms with Crippen molar-refractivity contribution < 1.29 is 9.47 Å². The maximum Gasteiger partial charge on any atom is 0.131 e. The second-order valence-electron chi connectivity index (χ2n) is 5.48. The predicted molar refractivity (Wildman–Crippen MR) is 85.8 cm³/mol. The Morgan fingerprint density at radius 1 is 1.14 bits per heavy atom. The molecule has 0 aromatic heterocycles. The summed E-state index contributed by atoms with van der Waals surface area (Å²) in [4.78, 5) is 0. The third kappa shape index (κ3) is 2.54. The molecule has 2 heterocycles. The monoisotopic (exact) mass is 345 g/mol. The van der Waals surface area contributed by atoms with Crippen LogP contribution >= 0.6 is 15.9 Å². The molecular weight excluding hydrogens is 330 g/mol. The molecule has 0 saturated carbocycles. The zero-order valence-corrected chi connectivity index (χ0v) is 13.2. The fourth-order valence-electron chi connectivity index (χ4n) is 2.92. The average Bonchev–Trinajstić information content (AvgIpc) is 2.99. The highest BCUT2D eigenvalue weighted by Crippen LogP contribution is 2.40. The molecular formula is C17H16BrNO2. The van der Waals surface area contributed by atoms with Crippen LogP contribution in [0.15, 0.2) is 40.9 Å². The molecule has 0 radical (unpaired) electrons. The molecule has 108 valence electrons. The maximum atomic E-state index is 6.00. The molecule has 3 nitrogen and oxygen atoms in total. The van der Waals surface area contributed by atoms with Gasteiger partial charge in [0.1, 0.15) is 24.2 Å². The Kier molecular flexibility index (Phi) is 3.36. The number of ether oxygens (including phenoxy) is 2. The van der Waals surface area contributed by atoms with Gasteiger partial charge in [0.05, 0.1) is 0 Å². The van der Waals surface area contributed by atoms with Gasteiger partial charge in [-0.15, -0.1) is 0 Å². The minimum atomic E-state index is 0.271. The largest absolute Gasteiger partial charge is 0.489 e. The third-order valence-corrected chi connectivity index (χ3v) is 4.51. The standard InChI is InChI=1S/C17H16BrNO2/c18-12-2-1-11-10-20-17-8-13(21-14-5-6-19-9-14)3-4-15(17)16(11)7-12/h1-4,7-8,14,19H,5-6,9-10H2/t14-/m0/s1. The summed E-state index contributed by atoms with van der Waals surface area (Å²) in [5, 5.41) is 3.31. The normalized spacial score (nSPS) is 19.6. The molecule has 0 spiro atoms. The molecule has 0 unspecified atom stereocenters. The zero-order chi connectivity index (χ0) is 14.2. The van der Waals surface area contributed by atoms with Gasteiger partial charge in [0.15, 0.2) is 0 Å². The van der Waals surface area contributed by atoms with E-state index in [9.17, 15) is 0 Å². The second kappa shape index (κ2) is 5.35. The number of hydrogen-bond donors (Lipinski definition) is 1. The Balaban J connectivity index is 1.67. The van der Waals surface area contributed by atoms with Gasteiger partial charge in [-0.3, -0.25) is 0 Å². The van der Waals surface area contributed by atoms with E-state index in [4.69, 9.17) is 9.47 Å². The van der Waals surface area contributed by atoms with Gasteiger partial charge in [0.25, 0.3) is 0 Å². The Hall–Kier alpha value is -1.52. The highest BCUT2D eigenvalue weighted by molar-refractivity contribution is 9.10. The molecule has 2 aromatic rings. The molecule has 0 amide bonds. The number of hydrogen-bond acceptors (Lipinski definition) is 3. The van der Waals surface area contributed by atoms with E-state index in [1.165, 1.54) is 11.1 Å². The molecule has 21 heavy (non-hydrogen) atoms. The maximum absolute atomic E-state index is 6.00. The topological polar surface area (TPSA) is 30.5 Å². The van der Waals surface area contributed by atoms with Crippen molar-refractivity contribution in [2.24, 2.45) is 0 Å². The van der Waals surface area contributed by atoms with E-state index in [-0.39, 0.29) is 6.10 Å². The van der Waals surface area contributed by atoms with Crippen LogP contribution in [0.2, 0.25) is 0 Å². The summed E-state index contributed by atoms with van der Waals surface area (Å²) in [5.74, 6) is 1.80. The summed E-state index contributed by atoms with van der Waals surface area (Å²) in [5.41, 5.74) is 3.59. The summed E-state index contributed by atoms with van der Waals surface area (Å²) in [6.45, 7) is 2.57. The van der Waals surface area contributed by atoms with E-state index < -0.39 is 0 Å². The van der Waals surface area contributed by atoms with Crippen LogP contribution in [0.5, 0.6) is 11.5 Å². The van der Waals surface area contributed by atoms with Crippen molar-refractivity contribution in [1.82, 2.24) is 5.32 Å². The summed E-state index contributed by atoms with van der Waals surface area (Å²) < 4.78 is 13.0. The highest BCUT2D eigenvalue weighted by Gasteiger charge is 2.20. The van der Waals surface area contributed by atoms with Crippen molar-refractivity contribution in [2.75, 3.05) is 13.1 Å². The smallest absolute Gasteiger partial charge is 0.131 e. The van der Waals surface area contributed by atoms with Crippen LogP contribution in [0.4, 0.5) is 0 Å². The highest BCUT2D eigenvalue weighted by atomic mass is 79.9. The number of rotatable bonds is 2. The first-order valence-electron chi connectivity index (χ1n) is 7.22. The number of benzene rings is 2. The van der Waals surface area contributed by atoms with E-state index in [1.54, 1.807) is 0 Å². The van der Waals surface area contributed by atoms with Gasteiger partial charge in [-0.1, -0.05) is 22.0 Å². The Morgan fingerprint density at radius 2 is 2.10 bits per heavy atom. The third-order valence-electron chi connectivity index (χ3n) is 4.02. The molecule has 4 rings (SSSR count). The van der Waals surface area contributed by atoms with E-state index >= 15 is 0 Å². The number of nitrogens with one attached hydrogen (secondary N) is 1. The molecule has 0 aliphatic carbocycles. The second-order valence-corrected chi connectivity index (χ2v) is 6.40. The van der Waals surface area contributed by atoms with Crippen molar-refractivity contribution in [3.05, 3.63) is 46.4 Å². The Bertz CT molecular complexity index is 680. The molecule has 2 aromatic carbocycles. The van der Waals surface area contributed by atoms with Crippen molar-refractivity contribution in [2.45, 2.75) is 19.1 Å². The van der Waals surface area contributed by atoms with Crippen LogP contribution in [0.1, 0.15) is 12.0 Å². The fourth-order valence-corrected chi connectivity index (χ4v) is 3.28. The zero-order valence-electron chi connectivity index (χ0n) is 11.6. The van der Waals surface area contributed by atoms with Gasteiger partial charge >= 0.3 is 0 Å². The molecule has 1 fully saturated rings. The molecule has 2 aliphatic heterocycles.